The van der Waals surface area contributed by atoms with Crippen LogP contribution in [0.5, 0.6) is 0 Å². The van der Waals surface area contributed by atoms with E-state index >= 15 is 0 Å². The molecule has 0 atom stereocenters. The van der Waals surface area contributed by atoms with Crippen molar-refractivity contribution < 1.29 is 14.3 Å². The summed E-state index contributed by atoms with van der Waals surface area (Å²) in [5.74, 6) is 0.370. The highest BCUT2D eigenvalue weighted by atomic mass is 16.5. The Morgan fingerprint density at radius 2 is 1.87 bits per heavy atom. The number of hydrogen-bond acceptors (Lipinski definition) is 3. The van der Waals surface area contributed by atoms with Crippen molar-refractivity contribution in [2.75, 3.05) is 13.2 Å². The van der Waals surface area contributed by atoms with Crippen LogP contribution in [0.4, 0.5) is 0 Å². The van der Waals surface area contributed by atoms with Crippen LogP contribution in [0.15, 0.2) is 24.3 Å². The molecule has 0 bridgehead atoms. The van der Waals surface area contributed by atoms with E-state index in [4.69, 9.17) is 4.74 Å². The number of amides is 1. The number of aryl methyl sites for hydroxylation is 2. The van der Waals surface area contributed by atoms with E-state index in [-0.39, 0.29) is 18.5 Å². The van der Waals surface area contributed by atoms with E-state index in [2.05, 4.69) is 17.4 Å². The fourth-order valence-corrected chi connectivity index (χ4v) is 2.97. The zero-order valence-corrected chi connectivity index (χ0v) is 14.0. The number of carbonyl (C=O) groups is 2. The summed E-state index contributed by atoms with van der Waals surface area (Å²) in [7, 11) is 0. The first-order valence-electron chi connectivity index (χ1n) is 8.61. The maximum Gasteiger partial charge on any atom is 0.306 e. The summed E-state index contributed by atoms with van der Waals surface area (Å²) in [5, 5.41) is 2.80. The lowest BCUT2D eigenvalue weighted by atomic mass is 10.1. The van der Waals surface area contributed by atoms with Crippen molar-refractivity contribution in [2.24, 2.45) is 5.92 Å². The third-order valence-electron chi connectivity index (χ3n) is 4.38. The molecule has 1 aliphatic rings. The molecule has 1 aromatic carbocycles. The molecule has 0 aromatic heterocycles. The van der Waals surface area contributed by atoms with Crippen molar-refractivity contribution in [3.8, 4) is 0 Å². The largest absolute Gasteiger partial charge is 0.464 e. The Bertz CT molecular complexity index is 504. The molecular formula is C19H27NO3. The van der Waals surface area contributed by atoms with E-state index in [1.807, 2.05) is 19.1 Å². The molecule has 1 fully saturated rings. The molecule has 2 rings (SSSR count). The lowest BCUT2D eigenvalue weighted by Gasteiger charge is -2.09. The highest BCUT2D eigenvalue weighted by molar-refractivity contribution is 5.76. The van der Waals surface area contributed by atoms with E-state index < -0.39 is 0 Å². The number of carbonyl (C=O) groups excluding carboxylic acids is 2. The van der Waals surface area contributed by atoms with E-state index in [1.165, 1.54) is 18.4 Å². The maximum atomic E-state index is 11.8. The van der Waals surface area contributed by atoms with Crippen LogP contribution in [0.2, 0.25) is 0 Å². The average Bonchev–Trinajstić information content (AvgIpc) is 3.04. The molecule has 4 heteroatoms. The SMILES string of the molecule is Cc1ccc(CCC(=O)NCCOC(=O)CC2CCCC2)cc1. The highest BCUT2D eigenvalue weighted by Gasteiger charge is 2.19. The second-order valence-corrected chi connectivity index (χ2v) is 6.41. The summed E-state index contributed by atoms with van der Waals surface area (Å²) in [4.78, 5) is 23.4. The average molecular weight is 317 g/mol. The van der Waals surface area contributed by atoms with Crippen molar-refractivity contribution >= 4 is 11.9 Å². The summed E-state index contributed by atoms with van der Waals surface area (Å²) in [6.45, 7) is 2.70. The van der Waals surface area contributed by atoms with Gasteiger partial charge in [0.1, 0.15) is 6.61 Å². The molecule has 0 unspecified atom stereocenters. The van der Waals surface area contributed by atoms with E-state index in [0.717, 1.165) is 24.8 Å². The first-order chi connectivity index (χ1) is 11.1. The summed E-state index contributed by atoms with van der Waals surface area (Å²) < 4.78 is 5.18. The van der Waals surface area contributed by atoms with Crippen LogP contribution in [0.1, 0.15) is 49.7 Å². The standard InChI is InChI=1S/C19H27NO3/c1-15-6-8-16(9-7-15)10-11-18(21)20-12-13-23-19(22)14-17-4-2-3-5-17/h6-9,17H,2-5,10-14H2,1H3,(H,20,21). The molecule has 0 radical (unpaired) electrons. The minimum atomic E-state index is -0.134. The number of esters is 1. The van der Waals surface area contributed by atoms with Gasteiger partial charge >= 0.3 is 5.97 Å². The van der Waals surface area contributed by atoms with E-state index in [0.29, 0.717) is 25.3 Å². The molecule has 0 spiro atoms. The summed E-state index contributed by atoms with van der Waals surface area (Å²) in [6, 6.07) is 8.20. The predicted octanol–water partition coefficient (Wildman–Crippen LogP) is 3.17. The molecule has 1 saturated carbocycles. The molecule has 1 aromatic rings. The molecule has 1 amide bonds. The summed E-state index contributed by atoms with van der Waals surface area (Å²) >= 11 is 0. The minimum absolute atomic E-state index is 0.00239. The zero-order valence-electron chi connectivity index (χ0n) is 14.0. The first kappa shape index (κ1) is 17.5. The van der Waals surface area contributed by atoms with Crippen molar-refractivity contribution in [3.05, 3.63) is 35.4 Å². The van der Waals surface area contributed by atoms with Gasteiger partial charge in [-0.05, 0) is 37.7 Å². The van der Waals surface area contributed by atoms with Crippen LogP contribution in [-0.2, 0) is 20.7 Å². The second kappa shape index (κ2) is 9.33. The van der Waals surface area contributed by atoms with Crippen molar-refractivity contribution in [1.82, 2.24) is 5.32 Å². The second-order valence-electron chi connectivity index (χ2n) is 6.41. The lowest BCUT2D eigenvalue weighted by molar-refractivity contribution is -0.145. The van der Waals surface area contributed by atoms with E-state index in [1.54, 1.807) is 0 Å². The van der Waals surface area contributed by atoms with Crippen LogP contribution in [-0.4, -0.2) is 25.0 Å². The Morgan fingerprint density at radius 1 is 1.17 bits per heavy atom. The molecule has 23 heavy (non-hydrogen) atoms. The van der Waals surface area contributed by atoms with Crippen LogP contribution in [0.3, 0.4) is 0 Å². The van der Waals surface area contributed by atoms with Gasteiger partial charge in [0.15, 0.2) is 0 Å². The topological polar surface area (TPSA) is 55.4 Å². The number of ether oxygens (including phenoxy) is 1. The highest BCUT2D eigenvalue weighted by Crippen LogP contribution is 2.27. The van der Waals surface area contributed by atoms with Gasteiger partial charge < -0.3 is 10.1 Å². The summed E-state index contributed by atoms with van der Waals surface area (Å²) in [5.41, 5.74) is 2.38. The number of rotatable bonds is 8. The number of benzene rings is 1. The minimum Gasteiger partial charge on any atom is -0.464 e. The molecule has 1 N–H and O–H groups in total. The Kier molecular flexibility index (Phi) is 7.11. The van der Waals surface area contributed by atoms with Gasteiger partial charge in [-0.1, -0.05) is 42.7 Å². The number of hydrogen-bond donors (Lipinski definition) is 1. The van der Waals surface area contributed by atoms with Gasteiger partial charge in [0, 0.05) is 12.8 Å². The Labute approximate surface area is 138 Å². The van der Waals surface area contributed by atoms with Gasteiger partial charge in [-0.15, -0.1) is 0 Å². The molecule has 4 nitrogen and oxygen atoms in total. The molecule has 0 aliphatic heterocycles. The molecule has 1 aliphatic carbocycles. The third-order valence-corrected chi connectivity index (χ3v) is 4.38. The molecule has 126 valence electrons. The van der Waals surface area contributed by atoms with Gasteiger partial charge in [-0.3, -0.25) is 9.59 Å². The lowest BCUT2D eigenvalue weighted by Crippen LogP contribution is -2.28. The zero-order chi connectivity index (χ0) is 16.5. The van der Waals surface area contributed by atoms with Gasteiger partial charge in [0.2, 0.25) is 5.91 Å². The van der Waals surface area contributed by atoms with Crippen LogP contribution >= 0.6 is 0 Å². The van der Waals surface area contributed by atoms with Crippen LogP contribution < -0.4 is 5.32 Å². The molecule has 0 saturated heterocycles. The monoisotopic (exact) mass is 317 g/mol. The van der Waals surface area contributed by atoms with Crippen molar-refractivity contribution in [2.45, 2.75) is 51.9 Å². The van der Waals surface area contributed by atoms with Crippen LogP contribution in [0, 0.1) is 12.8 Å². The Morgan fingerprint density at radius 3 is 2.57 bits per heavy atom. The fourth-order valence-electron chi connectivity index (χ4n) is 2.97. The fraction of sp³-hybridized carbons (Fsp3) is 0.579. The molecular weight excluding hydrogens is 290 g/mol. The summed E-state index contributed by atoms with van der Waals surface area (Å²) in [6.07, 6.45) is 6.47. The maximum absolute atomic E-state index is 11.8. The normalized spacial score (nSPS) is 14.7. The van der Waals surface area contributed by atoms with E-state index in [9.17, 15) is 9.59 Å². The van der Waals surface area contributed by atoms with Crippen LogP contribution in [0.25, 0.3) is 0 Å². The van der Waals surface area contributed by atoms with Crippen molar-refractivity contribution in [1.29, 1.82) is 0 Å². The van der Waals surface area contributed by atoms with Crippen molar-refractivity contribution in [3.63, 3.8) is 0 Å². The van der Waals surface area contributed by atoms with Gasteiger partial charge in [0.05, 0.1) is 6.54 Å². The first-order valence-corrected chi connectivity index (χ1v) is 8.61. The Hall–Kier alpha value is -1.84. The quantitative estimate of drug-likeness (QED) is 0.592. The molecule has 0 heterocycles. The number of nitrogens with one attached hydrogen (secondary N) is 1. The van der Waals surface area contributed by atoms with Gasteiger partial charge in [0.25, 0.3) is 0 Å². The predicted molar refractivity (Wildman–Crippen MR) is 90.0 cm³/mol. The third kappa shape index (κ3) is 6.85. The smallest absolute Gasteiger partial charge is 0.306 e. The Balaban J connectivity index is 1.52. The van der Waals surface area contributed by atoms with Gasteiger partial charge in [-0.25, -0.2) is 0 Å². The van der Waals surface area contributed by atoms with Gasteiger partial charge in [-0.2, -0.15) is 0 Å².